The number of carbonyl (C=O) groups is 2. The van der Waals surface area contributed by atoms with Gasteiger partial charge in [-0.3, -0.25) is 18.6 Å². The van der Waals surface area contributed by atoms with Crippen LogP contribution in [0.25, 0.3) is 0 Å². The van der Waals surface area contributed by atoms with Gasteiger partial charge in [0.15, 0.2) is 0 Å². The third-order valence-corrected chi connectivity index (χ3v) is 4.42. The van der Waals surface area contributed by atoms with Gasteiger partial charge in [0, 0.05) is 5.41 Å². The van der Waals surface area contributed by atoms with Crippen molar-refractivity contribution in [2.45, 2.75) is 13.8 Å². The SMILES string of the molecule is CC1(C)COP(=O)(ON2C(=O)c3ccccc3C2=O)OC1. The zero-order chi connectivity index (χ0) is 15.3. The summed E-state index contributed by atoms with van der Waals surface area (Å²) >= 11 is 0. The van der Waals surface area contributed by atoms with Crippen molar-refractivity contribution < 1.29 is 27.8 Å². The van der Waals surface area contributed by atoms with Gasteiger partial charge in [-0.15, -0.1) is 5.06 Å². The summed E-state index contributed by atoms with van der Waals surface area (Å²) in [4.78, 5) is 24.2. The summed E-state index contributed by atoms with van der Waals surface area (Å²) < 4.78 is 27.5. The first-order valence-electron chi connectivity index (χ1n) is 6.38. The Labute approximate surface area is 121 Å². The maximum atomic E-state index is 12.3. The molecule has 0 aromatic heterocycles. The molecule has 0 bridgehead atoms. The molecule has 2 amide bonds. The number of rotatable bonds is 2. The summed E-state index contributed by atoms with van der Waals surface area (Å²) in [5.74, 6) is -1.36. The van der Waals surface area contributed by atoms with Crippen LogP contribution in [0.2, 0.25) is 0 Å². The predicted octanol–water partition coefficient (Wildman–Crippen LogP) is 2.40. The number of nitrogens with zero attached hydrogens (tertiary/aromatic N) is 1. The molecule has 2 heterocycles. The van der Waals surface area contributed by atoms with Gasteiger partial charge in [-0.05, 0) is 12.1 Å². The highest BCUT2D eigenvalue weighted by Gasteiger charge is 2.46. The average molecular weight is 311 g/mol. The molecule has 2 aliphatic rings. The molecule has 0 aliphatic carbocycles. The third kappa shape index (κ3) is 2.53. The Bertz CT molecular complexity index is 621. The standard InChI is InChI=1S/C13H14NO6P/c1-13(2)7-18-21(17,19-8-13)20-14-11(15)9-5-3-4-6-10(9)12(14)16/h3-6H,7-8H2,1-2H3. The summed E-state index contributed by atoms with van der Waals surface area (Å²) in [6.45, 7) is 4.04. The molecule has 112 valence electrons. The molecule has 0 N–H and O–H groups in total. The van der Waals surface area contributed by atoms with E-state index in [2.05, 4.69) is 0 Å². The number of phosphoric ester groups is 1. The van der Waals surface area contributed by atoms with E-state index in [0.29, 0.717) is 5.06 Å². The zero-order valence-corrected chi connectivity index (χ0v) is 12.5. The van der Waals surface area contributed by atoms with Crippen molar-refractivity contribution in [3.05, 3.63) is 35.4 Å². The molecule has 2 aliphatic heterocycles. The summed E-state index contributed by atoms with van der Waals surface area (Å²) in [5, 5.41) is 0.448. The number of phosphoric acid groups is 1. The molecule has 1 fully saturated rings. The van der Waals surface area contributed by atoms with E-state index in [0.717, 1.165) is 0 Å². The van der Waals surface area contributed by atoms with Crippen molar-refractivity contribution in [2.24, 2.45) is 5.41 Å². The zero-order valence-electron chi connectivity index (χ0n) is 11.6. The highest BCUT2D eigenvalue weighted by molar-refractivity contribution is 7.48. The summed E-state index contributed by atoms with van der Waals surface area (Å²) in [5.41, 5.74) is 0.0945. The smallest absolute Gasteiger partial charge is 0.285 e. The second-order valence-electron chi connectivity index (χ2n) is 5.69. The Hall–Kier alpha value is -1.53. The van der Waals surface area contributed by atoms with Gasteiger partial charge in [0.25, 0.3) is 11.8 Å². The number of hydrogen-bond acceptors (Lipinski definition) is 6. The summed E-state index contributed by atoms with van der Waals surface area (Å²) in [6, 6.07) is 6.26. The first-order valence-corrected chi connectivity index (χ1v) is 7.84. The van der Waals surface area contributed by atoms with Crippen LogP contribution in [0.15, 0.2) is 24.3 Å². The van der Waals surface area contributed by atoms with E-state index in [1.165, 1.54) is 12.1 Å². The maximum absolute atomic E-state index is 12.3. The predicted molar refractivity (Wildman–Crippen MR) is 71.3 cm³/mol. The van der Waals surface area contributed by atoms with E-state index in [-0.39, 0.29) is 29.8 Å². The lowest BCUT2D eigenvalue weighted by Crippen LogP contribution is -2.34. The number of imide groups is 1. The van der Waals surface area contributed by atoms with Gasteiger partial charge in [-0.1, -0.05) is 26.0 Å². The van der Waals surface area contributed by atoms with Crippen LogP contribution in [0.3, 0.4) is 0 Å². The largest absolute Gasteiger partial charge is 0.497 e. The number of amides is 2. The lowest BCUT2D eigenvalue weighted by molar-refractivity contribution is -0.0696. The molecule has 1 aromatic carbocycles. The van der Waals surface area contributed by atoms with Crippen molar-refractivity contribution in [3.63, 3.8) is 0 Å². The Balaban J connectivity index is 1.80. The molecule has 7 nitrogen and oxygen atoms in total. The Kier molecular flexibility index (Phi) is 3.26. The molecule has 0 saturated carbocycles. The van der Waals surface area contributed by atoms with Crippen LogP contribution in [-0.2, 0) is 18.2 Å². The van der Waals surface area contributed by atoms with Crippen molar-refractivity contribution in [1.82, 2.24) is 5.06 Å². The highest BCUT2D eigenvalue weighted by atomic mass is 31.2. The molecular weight excluding hydrogens is 297 g/mol. The second kappa shape index (κ2) is 4.74. The van der Waals surface area contributed by atoms with Crippen LogP contribution in [0.1, 0.15) is 34.6 Å². The van der Waals surface area contributed by atoms with E-state index in [1.807, 2.05) is 13.8 Å². The van der Waals surface area contributed by atoms with Gasteiger partial charge in [-0.25, -0.2) is 4.57 Å². The first kappa shape index (κ1) is 14.4. The third-order valence-electron chi connectivity index (χ3n) is 3.17. The highest BCUT2D eigenvalue weighted by Crippen LogP contribution is 2.55. The molecule has 0 unspecified atom stereocenters. The van der Waals surface area contributed by atoms with Gasteiger partial charge >= 0.3 is 7.82 Å². The Morgan fingerprint density at radius 3 is 2.05 bits per heavy atom. The monoisotopic (exact) mass is 311 g/mol. The number of hydrogen-bond donors (Lipinski definition) is 0. The topological polar surface area (TPSA) is 82.1 Å². The van der Waals surface area contributed by atoms with Crippen LogP contribution in [0.5, 0.6) is 0 Å². The van der Waals surface area contributed by atoms with Crippen LogP contribution in [-0.4, -0.2) is 30.1 Å². The first-order chi connectivity index (χ1) is 9.81. The number of fused-ring (bicyclic) bond motifs is 1. The van der Waals surface area contributed by atoms with E-state index >= 15 is 0 Å². The lowest BCUT2D eigenvalue weighted by Gasteiger charge is -2.33. The van der Waals surface area contributed by atoms with E-state index in [1.54, 1.807) is 12.1 Å². The molecule has 0 radical (unpaired) electrons. The fraction of sp³-hybridized carbons (Fsp3) is 0.385. The maximum Gasteiger partial charge on any atom is 0.497 e. The van der Waals surface area contributed by atoms with Crippen molar-refractivity contribution in [3.8, 4) is 0 Å². The summed E-state index contributed by atoms with van der Waals surface area (Å²) in [7, 11) is -3.96. The van der Waals surface area contributed by atoms with Gasteiger partial charge in [0.2, 0.25) is 0 Å². The molecule has 0 atom stereocenters. The molecule has 0 spiro atoms. The fourth-order valence-corrected chi connectivity index (χ4v) is 3.51. The average Bonchev–Trinajstić information content (AvgIpc) is 2.69. The van der Waals surface area contributed by atoms with E-state index < -0.39 is 19.6 Å². The normalized spacial score (nSPS) is 23.2. The minimum absolute atomic E-state index is 0.146. The van der Waals surface area contributed by atoms with Crippen LogP contribution < -0.4 is 0 Å². The van der Waals surface area contributed by atoms with Crippen LogP contribution in [0, 0.1) is 5.41 Å². The minimum Gasteiger partial charge on any atom is -0.285 e. The lowest BCUT2D eigenvalue weighted by atomic mass is 9.97. The van der Waals surface area contributed by atoms with Crippen molar-refractivity contribution in [1.29, 1.82) is 0 Å². The van der Waals surface area contributed by atoms with E-state index in [9.17, 15) is 14.2 Å². The van der Waals surface area contributed by atoms with Crippen LogP contribution in [0.4, 0.5) is 0 Å². The molecule has 3 rings (SSSR count). The fourth-order valence-electron chi connectivity index (χ4n) is 1.97. The molecular formula is C13H14NO6P. The van der Waals surface area contributed by atoms with Gasteiger partial charge in [0.05, 0.1) is 24.3 Å². The number of hydroxylamine groups is 2. The quantitative estimate of drug-likeness (QED) is 0.616. The molecule has 8 heteroatoms. The molecule has 1 saturated heterocycles. The van der Waals surface area contributed by atoms with E-state index in [4.69, 9.17) is 13.7 Å². The van der Waals surface area contributed by atoms with Crippen molar-refractivity contribution in [2.75, 3.05) is 13.2 Å². The molecule has 1 aromatic rings. The second-order valence-corrected chi connectivity index (χ2v) is 7.26. The number of carbonyl (C=O) groups excluding carboxylic acids is 2. The summed E-state index contributed by atoms with van der Waals surface area (Å²) in [6.07, 6.45) is 0. The van der Waals surface area contributed by atoms with Gasteiger partial charge < -0.3 is 0 Å². The Morgan fingerprint density at radius 2 is 1.57 bits per heavy atom. The molecule has 21 heavy (non-hydrogen) atoms. The van der Waals surface area contributed by atoms with Gasteiger partial charge in [-0.2, -0.15) is 4.62 Å². The number of benzene rings is 1. The minimum atomic E-state index is -3.96. The van der Waals surface area contributed by atoms with Gasteiger partial charge in [0.1, 0.15) is 0 Å². The van der Waals surface area contributed by atoms with Crippen molar-refractivity contribution >= 4 is 19.6 Å². The van der Waals surface area contributed by atoms with Crippen LogP contribution >= 0.6 is 7.82 Å². The Morgan fingerprint density at radius 1 is 1.10 bits per heavy atom.